The Labute approximate surface area is 119 Å². The molecule has 2 heterocycles. The van der Waals surface area contributed by atoms with Gasteiger partial charge >= 0.3 is 0 Å². The topological polar surface area (TPSA) is 55.7 Å². The minimum Gasteiger partial charge on any atom is -0.299 e. The molecule has 0 saturated carbocycles. The lowest BCUT2D eigenvalue weighted by Crippen LogP contribution is -2.32. The molecule has 0 bridgehead atoms. The first-order valence-electron chi connectivity index (χ1n) is 7.05. The number of aromatic amines is 1. The van der Waals surface area contributed by atoms with Crippen molar-refractivity contribution in [2.24, 2.45) is 0 Å². The maximum Gasteiger partial charge on any atom is 0.0991 e. The van der Waals surface area contributed by atoms with E-state index in [0.717, 1.165) is 25.2 Å². The van der Waals surface area contributed by atoms with E-state index < -0.39 is 0 Å². The number of rotatable bonds is 3. The van der Waals surface area contributed by atoms with Crippen LogP contribution in [0.15, 0.2) is 36.7 Å². The molecule has 1 aliphatic rings. The number of nitrogens with zero attached hydrogens (tertiary/aromatic N) is 3. The lowest BCUT2D eigenvalue weighted by atomic mass is 9.91. The highest BCUT2D eigenvalue weighted by Crippen LogP contribution is 2.27. The van der Waals surface area contributed by atoms with Gasteiger partial charge in [-0.3, -0.25) is 10.00 Å². The molecule has 102 valence electrons. The molecule has 1 aliphatic heterocycles. The highest BCUT2D eigenvalue weighted by molar-refractivity contribution is 5.32. The summed E-state index contributed by atoms with van der Waals surface area (Å²) in [6, 6.07) is 10.1. The van der Waals surface area contributed by atoms with Crippen LogP contribution in [0.3, 0.4) is 0 Å². The van der Waals surface area contributed by atoms with Crippen molar-refractivity contribution >= 4 is 0 Å². The van der Waals surface area contributed by atoms with Gasteiger partial charge in [-0.05, 0) is 55.1 Å². The van der Waals surface area contributed by atoms with Crippen molar-refractivity contribution in [3.05, 3.63) is 53.3 Å². The van der Waals surface area contributed by atoms with Crippen LogP contribution in [0.1, 0.15) is 35.4 Å². The molecular formula is C16H18N4. The van der Waals surface area contributed by atoms with Gasteiger partial charge in [0, 0.05) is 12.7 Å². The second kappa shape index (κ2) is 5.89. The fourth-order valence-electron chi connectivity index (χ4n) is 2.91. The lowest BCUT2D eigenvalue weighted by molar-refractivity contribution is 0.204. The smallest absolute Gasteiger partial charge is 0.0991 e. The standard InChI is InChI=1S/C16H18N4/c17-9-13-2-1-3-14(8-13)12-20-6-4-15(5-7-20)16-10-18-19-11-16/h1-3,8,10-11,15H,4-7,12H2,(H,18,19). The molecule has 1 fully saturated rings. The predicted molar refractivity (Wildman–Crippen MR) is 77.0 cm³/mol. The van der Waals surface area contributed by atoms with E-state index in [1.54, 1.807) is 0 Å². The fourth-order valence-corrected chi connectivity index (χ4v) is 2.91. The zero-order valence-electron chi connectivity index (χ0n) is 11.4. The third kappa shape index (κ3) is 2.89. The highest BCUT2D eigenvalue weighted by atomic mass is 15.1. The van der Waals surface area contributed by atoms with Crippen LogP contribution in [-0.4, -0.2) is 28.2 Å². The van der Waals surface area contributed by atoms with Gasteiger partial charge in [0.2, 0.25) is 0 Å². The van der Waals surface area contributed by atoms with E-state index in [-0.39, 0.29) is 0 Å². The third-order valence-electron chi connectivity index (χ3n) is 4.04. The Bertz CT molecular complexity index is 589. The molecule has 1 aromatic carbocycles. The average Bonchev–Trinajstić information content (AvgIpc) is 3.02. The summed E-state index contributed by atoms with van der Waals surface area (Å²) in [4.78, 5) is 2.47. The van der Waals surface area contributed by atoms with Gasteiger partial charge in [-0.2, -0.15) is 10.4 Å². The van der Waals surface area contributed by atoms with E-state index in [9.17, 15) is 0 Å². The van der Waals surface area contributed by atoms with Crippen LogP contribution in [0.2, 0.25) is 0 Å². The number of piperidine rings is 1. The Hall–Kier alpha value is -2.12. The number of aromatic nitrogens is 2. The Morgan fingerprint density at radius 1 is 1.35 bits per heavy atom. The van der Waals surface area contributed by atoms with Crippen LogP contribution in [0.25, 0.3) is 0 Å². The number of nitriles is 1. The molecular weight excluding hydrogens is 248 g/mol. The van der Waals surface area contributed by atoms with Crippen LogP contribution in [-0.2, 0) is 6.54 Å². The molecule has 0 amide bonds. The zero-order valence-corrected chi connectivity index (χ0v) is 11.4. The molecule has 1 saturated heterocycles. The van der Waals surface area contributed by atoms with Gasteiger partial charge in [0.05, 0.1) is 17.8 Å². The first kappa shape index (κ1) is 12.9. The summed E-state index contributed by atoms with van der Waals surface area (Å²) < 4.78 is 0. The number of H-pyrrole nitrogens is 1. The highest BCUT2D eigenvalue weighted by Gasteiger charge is 2.21. The molecule has 4 heteroatoms. The van der Waals surface area contributed by atoms with E-state index in [1.807, 2.05) is 30.6 Å². The predicted octanol–water partition coefficient (Wildman–Crippen LogP) is 2.66. The van der Waals surface area contributed by atoms with Crippen LogP contribution >= 0.6 is 0 Å². The van der Waals surface area contributed by atoms with Gasteiger partial charge < -0.3 is 0 Å². The molecule has 1 aromatic heterocycles. The monoisotopic (exact) mass is 266 g/mol. The summed E-state index contributed by atoms with van der Waals surface area (Å²) in [5, 5.41) is 15.9. The van der Waals surface area contributed by atoms with Gasteiger partial charge in [0.25, 0.3) is 0 Å². The number of hydrogen-bond acceptors (Lipinski definition) is 3. The van der Waals surface area contributed by atoms with E-state index in [2.05, 4.69) is 27.2 Å². The SMILES string of the molecule is N#Cc1cccc(CN2CCC(c3cn[nH]c3)CC2)c1. The molecule has 20 heavy (non-hydrogen) atoms. The van der Waals surface area contributed by atoms with Gasteiger partial charge in [0.1, 0.15) is 0 Å². The minimum absolute atomic E-state index is 0.635. The van der Waals surface area contributed by atoms with Crippen molar-refractivity contribution in [1.82, 2.24) is 15.1 Å². The second-order valence-electron chi connectivity index (χ2n) is 5.39. The minimum atomic E-state index is 0.635. The zero-order chi connectivity index (χ0) is 13.8. The summed E-state index contributed by atoms with van der Waals surface area (Å²) in [5.74, 6) is 0.635. The first-order chi connectivity index (χ1) is 9.85. The van der Waals surface area contributed by atoms with Crippen molar-refractivity contribution in [2.45, 2.75) is 25.3 Å². The Kier molecular flexibility index (Phi) is 3.80. The molecule has 4 nitrogen and oxygen atoms in total. The van der Waals surface area contributed by atoms with Crippen LogP contribution in [0.4, 0.5) is 0 Å². The Morgan fingerprint density at radius 3 is 2.90 bits per heavy atom. The molecule has 0 unspecified atom stereocenters. The lowest BCUT2D eigenvalue weighted by Gasteiger charge is -2.31. The third-order valence-corrected chi connectivity index (χ3v) is 4.04. The molecule has 3 rings (SSSR count). The van der Waals surface area contributed by atoms with Crippen molar-refractivity contribution in [2.75, 3.05) is 13.1 Å². The number of hydrogen-bond donors (Lipinski definition) is 1. The number of likely N-dealkylation sites (tertiary alicyclic amines) is 1. The Morgan fingerprint density at radius 2 is 2.20 bits per heavy atom. The maximum atomic E-state index is 8.94. The van der Waals surface area contributed by atoms with E-state index >= 15 is 0 Å². The quantitative estimate of drug-likeness (QED) is 0.929. The Balaban J connectivity index is 1.57. The fraction of sp³-hybridized carbons (Fsp3) is 0.375. The molecule has 0 aliphatic carbocycles. The van der Waals surface area contributed by atoms with E-state index in [1.165, 1.54) is 24.0 Å². The van der Waals surface area contributed by atoms with E-state index in [4.69, 9.17) is 5.26 Å². The normalized spacial score (nSPS) is 16.9. The molecule has 0 atom stereocenters. The molecule has 2 aromatic rings. The van der Waals surface area contributed by atoms with Gasteiger partial charge in [0.15, 0.2) is 0 Å². The van der Waals surface area contributed by atoms with Crippen molar-refractivity contribution in [3.8, 4) is 6.07 Å². The molecule has 0 spiro atoms. The largest absolute Gasteiger partial charge is 0.299 e. The second-order valence-corrected chi connectivity index (χ2v) is 5.39. The van der Waals surface area contributed by atoms with Crippen LogP contribution < -0.4 is 0 Å². The maximum absolute atomic E-state index is 8.94. The average molecular weight is 266 g/mol. The number of benzene rings is 1. The molecule has 0 radical (unpaired) electrons. The van der Waals surface area contributed by atoms with Crippen LogP contribution in [0, 0.1) is 11.3 Å². The van der Waals surface area contributed by atoms with Crippen molar-refractivity contribution in [3.63, 3.8) is 0 Å². The summed E-state index contributed by atoms with van der Waals surface area (Å²) in [7, 11) is 0. The van der Waals surface area contributed by atoms with Gasteiger partial charge in [-0.25, -0.2) is 0 Å². The van der Waals surface area contributed by atoms with E-state index in [0.29, 0.717) is 5.92 Å². The summed E-state index contributed by atoms with van der Waals surface area (Å²) in [6.07, 6.45) is 6.31. The van der Waals surface area contributed by atoms with Crippen molar-refractivity contribution < 1.29 is 0 Å². The summed E-state index contributed by atoms with van der Waals surface area (Å²) in [5.41, 5.74) is 3.30. The van der Waals surface area contributed by atoms with Crippen LogP contribution in [0.5, 0.6) is 0 Å². The van der Waals surface area contributed by atoms with Crippen molar-refractivity contribution in [1.29, 1.82) is 5.26 Å². The van der Waals surface area contributed by atoms with Gasteiger partial charge in [-0.1, -0.05) is 12.1 Å². The van der Waals surface area contributed by atoms with Gasteiger partial charge in [-0.15, -0.1) is 0 Å². The first-order valence-corrected chi connectivity index (χ1v) is 7.05. The summed E-state index contributed by atoms with van der Waals surface area (Å²) in [6.45, 7) is 3.15. The molecule has 1 N–H and O–H groups in total. The summed E-state index contributed by atoms with van der Waals surface area (Å²) >= 11 is 0. The number of nitrogens with one attached hydrogen (secondary N) is 1.